The van der Waals surface area contributed by atoms with E-state index in [1.54, 1.807) is 25.1 Å². The van der Waals surface area contributed by atoms with E-state index in [9.17, 15) is 4.79 Å². The number of aryl methyl sites for hydroxylation is 2. The Labute approximate surface area is 168 Å². The molecule has 0 bridgehead atoms. The van der Waals surface area contributed by atoms with E-state index >= 15 is 0 Å². The summed E-state index contributed by atoms with van der Waals surface area (Å²) in [4.78, 5) is 14.0. The molecule has 0 fully saturated rings. The maximum absolute atomic E-state index is 12.5. The van der Waals surface area contributed by atoms with Crippen LogP contribution >= 0.6 is 34.5 Å². The van der Waals surface area contributed by atoms with E-state index in [0.29, 0.717) is 33.0 Å². The Hall–Kier alpha value is -2.35. The van der Waals surface area contributed by atoms with E-state index in [4.69, 9.17) is 27.7 Å². The van der Waals surface area contributed by atoms with Gasteiger partial charge in [0.05, 0.1) is 17.1 Å². The highest BCUT2D eigenvalue weighted by Crippen LogP contribution is 2.30. The fraction of sp³-hybridized carbons (Fsp3) is 0.167. The quantitative estimate of drug-likeness (QED) is 0.485. The Morgan fingerprint density at radius 1 is 1.26 bits per heavy atom. The molecule has 0 aliphatic carbocycles. The van der Waals surface area contributed by atoms with Crippen molar-refractivity contribution in [3.8, 4) is 0 Å². The van der Waals surface area contributed by atoms with Gasteiger partial charge in [-0.1, -0.05) is 34.4 Å². The number of hydrogen-bond donors (Lipinski definition) is 1. The molecule has 0 aliphatic rings. The van der Waals surface area contributed by atoms with Crippen molar-refractivity contribution in [2.24, 2.45) is 0 Å². The first-order valence-electron chi connectivity index (χ1n) is 8.06. The summed E-state index contributed by atoms with van der Waals surface area (Å²) < 4.78 is 6.82. The van der Waals surface area contributed by atoms with Crippen molar-refractivity contribution in [1.82, 2.24) is 14.9 Å². The normalized spacial score (nSPS) is 11.3. The first-order chi connectivity index (χ1) is 12.9. The summed E-state index contributed by atoms with van der Waals surface area (Å²) in [6, 6.07) is 8.88. The van der Waals surface area contributed by atoms with E-state index in [0.717, 1.165) is 21.5 Å². The SMILES string of the molecule is Cc1cc(NC(=O)c2cc3c(C)nn(Cc4ccc(Cl)cc4Cl)c3s2)no1. The number of rotatable bonds is 4. The third kappa shape index (κ3) is 3.58. The zero-order chi connectivity index (χ0) is 19.1. The van der Waals surface area contributed by atoms with Gasteiger partial charge >= 0.3 is 0 Å². The van der Waals surface area contributed by atoms with Crippen LogP contribution in [0.2, 0.25) is 10.0 Å². The van der Waals surface area contributed by atoms with Crippen molar-refractivity contribution in [1.29, 1.82) is 0 Å². The Balaban J connectivity index is 1.64. The number of nitrogens with one attached hydrogen (secondary N) is 1. The molecule has 4 rings (SSSR count). The molecule has 6 nitrogen and oxygen atoms in total. The number of amides is 1. The van der Waals surface area contributed by atoms with Crippen LogP contribution < -0.4 is 5.32 Å². The zero-order valence-electron chi connectivity index (χ0n) is 14.4. The molecule has 4 aromatic rings. The van der Waals surface area contributed by atoms with E-state index in [1.807, 2.05) is 23.7 Å². The van der Waals surface area contributed by atoms with Crippen LogP contribution in [0.5, 0.6) is 0 Å². The van der Waals surface area contributed by atoms with Gasteiger partial charge in [-0.2, -0.15) is 5.10 Å². The largest absolute Gasteiger partial charge is 0.360 e. The van der Waals surface area contributed by atoms with Crippen molar-refractivity contribution in [3.63, 3.8) is 0 Å². The Morgan fingerprint density at radius 2 is 2.07 bits per heavy atom. The molecule has 3 heterocycles. The van der Waals surface area contributed by atoms with Crippen LogP contribution in [0.25, 0.3) is 10.2 Å². The van der Waals surface area contributed by atoms with Crippen LogP contribution in [0.15, 0.2) is 34.9 Å². The minimum absolute atomic E-state index is 0.236. The molecule has 0 saturated carbocycles. The molecule has 0 unspecified atom stereocenters. The average molecular weight is 421 g/mol. The lowest BCUT2D eigenvalue weighted by Gasteiger charge is -2.05. The van der Waals surface area contributed by atoms with Gasteiger partial charge in [-0.3, -0.25) is 9.48 Å². The number of carbonyl (C=O) groups is 1. The number of fused-ring (bicyclic) bond motifs is 1. The molecular formula is C18H14Cl2N4O2S. The van der Waals surface area contributed by atoms with Gasteiger partial charge in [-0.15, -0.1) is 11.3 Å². The number of aromatic nitrogens is 3. The molecule has 1 N–H and O–H groups in total. The van der Waals surface area contributed by atoms with Gasteiger partial charge in [-0.05, 0) is 37.6 Å². The number of hydrogen-bond acceptors (Lipinski definition) is 5. The predicted molar refractivity (Wildman–Crippen MR) is 107 cm³/mol. The molecule has 0 atom stereocenters. The van der Waals surface area contributed by atoms with Crippen LogP contribution in [-0.2, 0) is 6.54 Å². The highest BCUT2D eigenvalue weighted by atomic mass is 35.5. The first kappa shape index (κ1) is 18.0. The third-order valence-electron chi connectivity index (χ3n) is 4.04. The summed E-state index contributed by atoms with van der Waals surface area (Å²) in [5, 5.41) is 13.2. The van der Waals surface area contributed by atoms with E-state index in [2.05, 4.69) is 15.6 Å². The highest BCUT2D eigenvalue weighted by molar-refractivity contribution is 7.20. The molecule has 1 aromatic carbocycles. The van der Waals surface area contributed by atoms with Crippen molar-refractivity contribution < 1.29 is 9.32 Å². The zero-order valence-corrected chi connectivity index (χ0v) is 16.7. The minimum atomic E-state index is -0.236. The van der Waals surface area contributed by atoms with Gasteiger partial charge in [-0.25, -0.2) is 0 Å². The summed E-state index contributed by atoms with van der Waals surface area (Å²) in [7, 11) is 0. The summed E-state index contributed by atoms with van der Waals surface area (Å²) in [6.07, 6.45) is 0. The second-order valence-corrected chi connectivity index (χ2v) is 7.96. The fourth-order valence-electron chi connectivity index (χ4n) is 2.75. The van der Waals surface area contributed by atoms with Gasteiger partial charge < -0.3 is 9.84 Å². The molecule has 0 aliphatic heterocycles. The van der Waals surface area contributed by atoms with E-state index < -0.39 is 0 Å². The van der Waals surface area contributed by atoms with Crippen LogP contribution in [0, 0.1) is 13.8 Å². The molecule has 3 aromatic heterocycles. The number of halogens is 2. The van der Waals surface area contributed by atoms with E-state index in [-0.39, 0.29) is 5.91 Å². The maximum Gasteiger partial charge on any atom is 0.267 e. The first-order valence-corrected chi connectivity index (χ1v) is 9.63. The lowest BCUT2D eigenvalue weighted by molar-refractivity contribution is 0.102. The minimum Gasteiger partial charge on any atom is -0.360 e. The van der Waals surface area contributed by atoms with Crippen molar-refractivity contribution >= 4 is 56.5 Å². The predicted octanol–water partition coefficient (Wildman–Crippen LogP) is 5.31. The molecule has 0 saturated heterocycles. The number of thiophene rings is 1. The van der Waals surface area contributed by atoms with Gasteiger partial charge in [0.2, 0.25) is 0 Å². The molecule has 0 spiro atoms. The summed E-state index contributed by atoms with van der Waals surface area (Å²) >= 11 is 13.6. The molecule has 1 amide bonds. The van der Waals surface area contributed by atoms with Crippen molar-refractivity contribution in [2.45, 2.75) is 20.4 Å². The Bertz CT molecular complexity index is 1160. The number of nitrogens with zero attached hydrogens (tertiary/aromatic N) is 3. The molecule has 27 heavy (non-hydrogen) atoms. The lowest BCUT2D eigenvalue weighted by atomic mass is 10.2. The van der Waals surface area contributed by atoms with E-state index in [1.165, 1.54) is 11.3 Å². The lowest BCUT2D eigenvalue weighted by Crippen LogP contribution is -2.10. The smallest absolute Gasteiger partial charge is 0.267 e. The van der Waals surface area contributed by atoms with Crippen LogP contribution in [0.4, 0.5) is 5.82 Å². The number of benzene rings is 1. The van der Waals surface area contributed by atoms with Gasteiger partial charge in [0.25, 0.3) is 5.91 Å². The fourth-order valence-corrected chi connectivity index (χ4v) is 4.27. The maximum atomic E-state index is 12.5. The second-order valence-electron chi connectivity index (χ2n) is 6.09. The third-order valence-corrected chi connectivity index (χ3v) is 5.77. The molecular weight excluding hydrogens is 407 g/mol. The van der Waals surface area contributed by atoms with Gasteiger partial charge in [0.1, 0.15) is 10.6 Å². The van der Waals surface area contributed by atoms with Gasteiger partial charge in [0, 0.05) is 21.5 Å². The van der Waals surface area contributed by atoms with Crippen molar-refractivity contribution in [3.05, 3.63) is 62.3 Å². The summed E-state index contributed by atoms with van der Waals surface area (Å²) in [5.41, 5.74) is 1.76. The van der Waals surface area contributed by atoms with Gasteiger partial charge in [0.15, 0.2) is 5.82 Å². The molecule has 9 heteroatoms. The van der Waals surface area contributed by atoms with Crippen LogP contribution in [0.1, 0.15) is 26.7 Å². The number of anilines is 1. The Morgan fingerprint density at radius 3 is 2.78 bits per heavy atom. The summed E-state index contributed by atoms with van der Waals surface area (Å²) in [5.74, 6) is 0.786. The van der Waals surface area contributed by atoms with Crippen LogP contribution in [0.3, 0.4) is 0 Å². The van der Waals surface area contributed by atoms with Crippen LogP contribution in [-0.4, -0.2) is 20.8 Å². The highest BCUT2D eigenvalue weighted by Gasteiger charge is 2.18. The molecule has 0 radical (unpaired) electrons. The van der Waals surface area contributed by atoms with Crippen molar-refractivity contribution in [2.75, 3.05) is 5.32 Å². The monoisotopic (exact) mass is 420 g/mol. The number of carbonyl (C=O) groups excluding carboxylic acids is 1. The summed E-state index contributed by atoms with van der Waals surface area (Å²) in [6.45, 7) is 4.17. The standard InChI is InChI=1S/C18H14Cl2N4O2S/c1-9-5-16(23-26-9)21-17(25)15-7-13-10(2)22-24(18(13)27-15)8-11-3-4-12(19)6-14(11)20/h3-7H,8H2,1-2H3,(H,21,23,25). The topological polar surface area (TPSA) is 73.0 Å². The molecule has 138 valence electrons. The average Bonchev–Trinajstić information content (AvgIpc) is 3.28. The Kier molecular flexibility index (Phi) is 4.67. The second kappa shape index (κ2) is 6.99.